The molecule has 0 saturated carbocycles. The van der Waals surface area contributed by atoms with Gasteiger partial charge in [0.05, 0.1) is 0 Å². The van der Waals surface area contributed by atoms with Crippen molar-refractivity contribution in [1.29, 1.82) is 0 Å². The molecule has 0 radical (unpaired) electrons. The molecule has 0 saturated heterocycles. The first-order valence-corrected chi connectivity index (χ1v) is 10.4. The molecule has 0 N–H and O–H groups in total. The van der Waals surface area contributed by atoms with Gasteiger partial charge in [0.2, 0.25) is 0 Å². The molecule has 0 amide bonds. The minimum atomic E-state index is -0.233. The van der Waals surface area contributed by atoms with E-state index in [1.165, 1.54) is 33.4 Å². The highest BCUT2D eigenvalue weighted by Gasteiger charge is 2.41. The third-order valence-electron chi connectivity index (χ3n) is 5.94. The van der Waals surface area contributed by atoms with Crippen LogP contribution < -0.4 is 0 Å². The maximum atomic E-state index is 2.47. The van der Waals surface area contributed by atoms with Crippen molar-refractivity contribution >= 4 is 0 Å². The van der Waals surface area contributed by atoms with Crippen LogP contribution >= 0.6 is 0 Å². The van der Waals surface area contributed by atoms with Gasteiger partial charge in [0.1, 0.15) is 0 Å². The molecule has 0 heteroatoms. The number of fused-ring (bicyclic) bond motifs is 1. The Kier molecular flexibility index (Phi) is 5.36. The Morgan fingerprint density at radius 2 is 1.41 bits per heavy atom. The molecule has 0 heterocycles. The van der Waals surface area contributed by atoms with E-state index >= 15 is 0 Å². The fourth-order valence-corrected chi connectivity index (χ4v) is 4.34. The Bertz CT molecular complexity index is 1000. The highest BCUT2D eigenvalue weighted by molar-refractivity contribution is 5.61. The van der Waals surface area contributed by atoms with Crippen molar-refractivity contribution in [2.45, 2.75) is 26.2 Å². The molecule has 144 valence electrons. The predicted octanol–water partition coefficient (Wildman–Crippen LogP) is 7.33. The van der Waals surface area contributed by atoms with Gasteiger partial charge in [0.25, 0.3) is 0 Å². The summed E-state index contributed by atoms with van der Waals surface area (Å²) in [6, 6.07) is 18.1. The fourth-order valence-electron chi connectivity index (χ4n) is 4.34. The van der Waals surface area contributed by atoms with Gasteiger partial charge < -0.3 is 0 Å². The SMILES string of the molecule is C/C=C\C=C/C1=CC(c2ccc(C)cc2)(c2ccc(C)cc2)C2C=CC=CC1=C2. The maximum Gasteiger partial charge on any atom is 0.0488 e. The molecule has 1 unspecified atom stereocenters. The number of hydrogen-bond acceptors (Lipinski definition) is 0. The number of hydrogen-bond donors (Lipinski definition) is 0. The summed E-state index contributed by atoms with van der Waals surface area (Å²) < 4.78 is 0. The van der Waals surface area contributed by atoms with Gasteiger partial charge in [-0.05, 0) is 43.0 Å². The van der Waals surface area contributed by atoms with Crippen LogP contribution in [0.5, 0.6) is 0 Å². The zero-order chi connectivity index (χ0) is 20.3. The molecule has 2 aliphatic rings. The molecule has 0 fully saturated rings. The molecule has 2 aromatic rings. The van der Waals surface area contributed by atoms with E-state index in [1.54, 1.807) is 0 Å². The van der Waals surface area contributed by atoms with E-state index in [2.05, 4.69) is 123 Å². The third kappa shape index (κ3) is 3.63. The molecule has 0 nitrogen and oxygen atoms in total. The highest BCUT2D eigenvalue weighted by atomic mass is 14.4. The summed E-state index contributed by atoms with van der Waals surface area (Å²) in [4.78, 5) is 0. The zero-order valence-corrected chi connectivity index (χ0v) is 17.5. The normalized spacial score (nSPS) is 20.0. The first-order valence-electron chi connectivity index (χ1n) is 10.4. The number of rotatable bonds is 4. The van der Waals surface area contributed by atoms with Gasteiger partial charge in [-0.1, -0.05) is 120 Å². The zero-order valence-electron chi connectivity index (χ0n) is 17.5. The van der Waals surface area contributed by atoms with Crippen molar-refractivity contribution in [3.8, 4) is 0 Å². The summed E-state index contributed by atoms with van der Waals surface area (Å²) in [6.45, 7) is 6.35. The van der Waals surface area contributed by atoms with Crippen LogP contribution in [-0.2, 0) is 5.41 Å². The van der Waals surface area contributed by atoms with Crippen molar-refractivity contribution in [3.63, 3.8) is 0 Å². The van der Waals surface area contributed by atoms with E-state index in [0.29, 0.717) is 0 Å². The summed E-state index contributed by atoms with van der Waals surface area (Å²) in [5.74, 6) is 0.261. The lowest BCUT2D eigenvalue weighted by Gasteiger charge is -2.40. The van der Waals surface area contributed by atoms with Crippen molar-refractivity contribution in [2.24, 2.45) is 5.92 Å². The summed E-state index contributed by atoms with van der Waals surface area (Å²) in [5.41, 5.74) is 7.55. The van der Waals surface area contributed by atoms with Crippen molar-refractivity contribution < 1.29 is 0 Å². The largest absolute Gasteiger partial charge is 0.0877 e. The number of allylic oxidation sites excluding steroid dienone is 12. The van der Waals surface area contributed by atoms with Gasteiger partial charge in [-0.25, -0.2) is 0 Å². The summed E-state index contributed by atoms with van der Waals surface area (Å²) in [7, 11) is 0. The van der Waals surface area contributed by atoms with Crippen LogP contribution in [0, 0.1) is 19.8 Å². The topological polar surface area (TPSA) is 0 Å². The molecule has 2 bridgehead atoms. The van der Waals surface area contributed by atoms with E-state index in [0.717, 1.165) is 0 Å². The van der Waals surface area contributed by atoms with Gasteiger partial charge in [0, 0.05) is 11.3 Å². The lowest BCUT2D eigenvalue weighted by atomic mass is 9.62. The minimum Gasteiger partial charge on any atom is -0.0877 e. The van der Waals surface area contributed by atoms with Crippen LogP contribution in [0.4, 0.5) is 0 Å². The van der Waals surface area contributed by atoms with E-state index < -0.39 is 0 Å². The van der Waals surface area contributed by atoms with E-state index in [-0.39, 0.29) is 11.3 Å². The van der Waals surface area contributed by atoms with Crippen molar-refractivity contribution in [2.75, 3.05) is 0 Å². The van der Waals surface area contributed by atoms with Gasteiger partial charge in [-0.2, -0.15) is 0 Å². The van der Waals surface area contributed by atoms with Crippen molar-refractivity contribution in [3.05, 3.63) is 143 Å². The van der Waals surface area contributed by atoms with Gasteiger partial charge in [-0.3, -0.25) is 0 Å². The second-order valence-electron chi connectivity index (χ2n) is 7.98. The van der Waals surface area contributed by atoms with Gasteiger partial charge >= 0.3 is 0 Å². The molecule has 1 atom stereocenters. The second kappa shape index (κ2) is 8.09. The molecule has 0 spiro atoms. The summed E-state index contributed by atoms with van der Waals surface area (Å²) >= 11 is 0. The van der Waals surface area contributed by atoms with E-state index in [4.69, 9.17) is 0 Å². The van der Waals surface area contributed by atoms with E-state index in [9.17, 15) is 0 Å². The predicted molar refractivity (Wildman–Crippen MR) is 125 cm³/mol. The maximum absolute atomic E-state index is 2.47. The molecule has 2 aliphatic carbocycles. The summed E-state index contributed by atoms with van der Waals surface area (Å²) in [6.07, 6.45) is 22.3. The van der Waals surface area contributed by atoms with Crippen LogP contribution in [0.15, 0.2) is 120 Å². The molecule has 2 aromatic carbocycles. The standard InChI is InChI=1S/C29H28/c1-4-5-6-10-25-21-29(26-16-12-22(2)13-17-26,27-18-14-23(3)15-19-27)28-11-8-7-9-24(25)20-28/h4-21,28H,1-3H3/b5-4-,10-6-. The van der Waals surface area contributed by atoms with E-state index in [1.807, 2.05) is 6.92 Å². The Morgan fingerprint density at radius 1 is 0.793 bits per heavy atom. The molecular formula is C29H28. The smallest absolute Gasteiger partial charge is 0.0488 e. The minimum absolute atomic E-state index is 0.233. The first-order chi connectivity index (χ1) is 14.1. The summed E-state index contributed by atoms with van der Waals surface area (Å²) in [5, 5.41) is 0. The molecule has 0 aromatic heterocycles. The second-order valence-corrected chi connectivity index (χ2v) is 7.98. The first kappa shape index (κ1) is 19.2. The monoisotopic (exact) mass is 376 g/mol. The number of aryl methyl sites for hydroxylation is 2. The Balaban J connectivity index is 1.99. The lowest BCUT2D eigenvalue weighted by Crippen LogP contribution is -2.35. The quantitative estimate of drug-likeness (QED) is 0.490. The Labute approximate surface area is 175 Å². The van der Waals surface area contributed by atoms with Crippen LogP contribution in [0.2, 0.25) is 0 Å². The third-order valence-corrected chi connectivity index (χ3v) is 5.94. The Hall–Kier alpha value is -3.12. The molecule has 29 heavy (non-hydrogen) atoms. The molecular weight excluding hydrogens is 348 g/mol. The van der Waals surface area contributed by atoms with Gasteiger partial charge in [0.15, 0.2) is 0 Å². The van der Waals surface area contributed by atoms with Crippen LogP contribution in [0.25, 0.3) is 0 Å². The number of benzene rings is 2. The molecule has 4 rings (SSSR count). The average Bonchev–Trinajstić information content (AvgIpc) is 2.95. The Morgan fingerprint density at radius 3 is 2.00 bits per heavy atom. The average molecular weight is 377 g/mol. The fraction of sp³-hybridized carbons (Fsp3) is 0.172. The lowest BCUT2D eigenvalue weighted by molar-refractivity contribution is 0.533. The van der Waals surface area contributed by atoms with Crippen LogP contribution in [0.3, 0.4) is 0 Å². The highest BCUT2D eigenvalue weighted by Crippen LogP contribution is 2.48. The van der Waals surface area contributed by atoms with Crippen LogP contribution in [-0.4, -0.2) is 0 Å². The van der Waals surface area contributed by atoms with Crippen LogP contribution in [0.1, 0.15) is 29.2 Å². The molecule has 0 aliphatic heterocycles. The van der Waals surface area contributed by atoms with Gasteiger partial charge in [-0.15, -0.1) is 0 Å². The van der Waals surface area contributed by atoms with Crippen molar-refractivity contribution in [1.82, 2.24) is 0 Å².